The summed E-state index contributed by atoms with van der Waals surface area (Å²) in [5.74, 6) is 0.692. The number of benzene rings is 1. The summed E-state index contributed by atoms with van der Waals surface area (Å²) in [5, 5.41) is 11.7. The monoisotopic (exact) mass is 246 g/mol. The van der Waals surface area contributed by atoms with Crippen LogP contribution in [0.25, 0.3) is 11.0 Å². The number of aromatic nitrogens is 2. The Morgan fingerprint density at radius 3 is 2.72 bits per heavy atom. The second kappa shape index (κ2) is 4.49. The molecule has 2 aromatic rings. The maximum absolute atomic E-state index is 9.48. The zero-order valence-electron chi connectivity index (χ0n) is 10.3. The first kappa shape index (κ1) is 11.3. The van der Waals surface area contributed by atoms with Gasteiger partial charge in [0.25, 0.3) is 0 Å². The van der Waals surface area contributed by atoms with E-state index >= 15 is 0 Å². The molecule has 1 aromatic carbocycles. The van der Waals surface area contributed by atoms with Crippen molar-refractivity contribution in [3.05, 3.63) is 24.0 Å². The number of hydrogen-bond acceptors (Lipinski definition) is 4. The number of aliphatic hydroxyl groups excluding tert-OH is 1. The standard InChI is InChI=1S/C13H18N4O/c14-10-4-5-12-11(8-10)15-13(9-18)17(12)16-6-2-1-3-7-16/h4-5,8,18H,1-3,6-7,9,14H2. The van der Waals surface area contributed by atoms with Gasteiger partial charge in [0.05, 0.1) is 11.0 Å². The highest BCUT2D eigenvalue weighted by molar-refractivity contribution is 5.80. The Kier molecular flexibility index (Phi) is 2.83. The van der Waals surface area contributed by atoms with Gasteiger partial charge in [-0.05, 0) is 37.5 Å². The molecular weight excluding hydrogens is 228 g/mol. The highest BCUT2D eigenvalue weighted by Crippen LogP contribution is 2.21. The lowest BCUT2D eigenvalue weighted by Gasteiger charge is -2.31. The second-order valence-electron chi connectivity index (χ2n) is 4.76. The van der Waals surface area contributed by atoms with Gasteiger partial charge < -0.3 is 15.8 Å². The highest BCUT2D eigenvalue weighted by Gasteiger charge is 2.17. The molecule has 0 amide bonds. The summed E-state index contributed by atoms with van der Waals surface area (Å²) in [6.07, 6.45) is 3.67. The van der Waals surface area contributed by atoms with E-state index in [0.717, 1.165) is 24.1 Å². The van der Waals surface area contributed by atoms with E-state index in [1.807, 2.05) is 22.9 Å². The second-order valence-corrected chi connectivity index (χ2v) is 4.76. The van der Waals surface area contributed by atoms with Crippen molar-refractivity contribution in [3.63, 3.8) is 0 Å². The van der Waals surface area contributed by atoms with Crippen LogP contribution in [0.2, 0.25) is 0 Å². The van der Waals surface area contributed by atoms with Gasteiger partial charge in [-0.3, -0.25) is 0 Å². The number of aliphatic hydroxyl groups is 1. The van der Waals surface area contributed by atoms with Crippen molar-refractivity contribution in [2.45, 2.75) is 25.9 Å². The molecule has 0 radical (unpaired) electrons. The number of nitrogen functional groups attached to an aromatic ring is 1. The Hall–Kier alpha value is -1.75. The van der Waals surface area contributed by atoms with Gasteiger partial charge >= 0.3 is 0 Å². The topological polar surface area (TPSA) is 67.3 Å². The van der Waals surface area contributed by atoms with Gasteiger partial charge in [0.1, 0.15) is 6.61 Å². The molecule has 2 heterocycles. The van der Waals surface area contributed by atoms with Gasteiger partial charge in [-0.25, -0.2) is 9.66 Å². The zero-order valence-corrected chi connectivity index (χ0v) is 10.3. The maximum atomic E-state index is 9.48. The molecule has 0 saturated carbocycles. The van der Waals surface area contributed by atoms with Gasteiger partial charge in [0, 0.05) is 18.8 Å². The number of hydrogen-bond donors (Lipinski definition) is 2. The lowest BCUT2D eigenvalue weighted by Crippen LogP contribution is -2.40. The summed E-state index contributed by atoms with van der Waals surface area (Å²) < 4.78 is 2.05. The number of nitrogens with two attached hydrogens (primary N) is 1. The number of piperidine rings is 1. The van der Waals surface area contributed by atoms with Gasteiger partial charge in [-0.15, -0.1) is 0 Å². The van der Waals surface area contributed by atoms with E-state index in [9.17, 15) is 5.11 Å². The molecule has 0 atom stereocenters. The number of imidazole rings is 1. The molecule has 0 unspecified atom stereocenters. The molecule has 1 aromatic heterocycles. The Balaban J connectivity index is 2.12. The minimum Gasteiger partial charge on any atom is -0.399 e. The highest BCUT2D eigenvalue weighted by atomic mass is 16.3. The predicted molar refractivity (Wildman–Crippen MR) is 71.9 cm³/mol. The average Bonchev–Trinajstić information content (AvgIpc) is 2.77. The summed E-state index contributed by atoms with van der Waals surface area (Å²) in [7, 11) is 0. The quantitative estimate of drug-likeness (QED) is 0.782. The summed E-state index contributed by atoms with van der Waals surface area (Å²) in [5.41, 5.74) is 8.36. The van der Waals surface area contributed by atoms with Crippen LogP contribution in [0.4, 0.5) is 5.69 Å². The van der Waals surface area contributed by atoms with Crippen LogP contribution in [0.1, 0.15) is 25.1 Å². The largest absolute Gasteiger partial charge is 0.399 e. The summed E-state index contributed by atoms with van der Waals surface area (Å²) in [4.78, 5) is 4.46. The molecule has 3 rings (SSSR count). The molecule has 0 spiro atoms. The average molecular weight is 246 g/mol. The van der Waals surface area contributed by atoms with Crippen LogP contribution < -0.4 is 10.7 Å². The summed E-state index contributed by atoms with van der Waals surface area (Å²) in [6, 6.07) is 5.71. The van der Waals surface area contributed by atoms with Gasteiger partial charge in [0.2, 0.25) is 0 Å². The van der Waals surface area contributed by atoms with Crippen LogP contribution in [-0.4, -0.2) is 27.9 Å². The molecule has 1 saturated heterocycles. The SMILES string of the molecule is Nc1ccc2c(c1)nc(CO)n2N1CCCCC1. The number of nitrogens with zero attached hydrogens (tertiary/aromatic N) is 3. The van der Waals surface area contributed by atoms with Crippen LogP contribution >= 0.6 is 0 Å². The third-order valence-electron chi connectivity index (χ3n) is 3.48. The third kappa shape index (κ3) is 1.80. The van der Waals surface area contributed by atoms with Crippen molar-refractivity contribution in [2.24, 2.45) is 0 Å². The fourth-order valence-electron chi connectivity index (χ4n) is 2.63. The molecule has 5 nitrogen and oxygen atoms in total. The molecule has 18 heavy (non-hydrogen) atoms. The Morgan fingerprint density at radius 1 is 1.22 bits per heavy atom. The van der Waals surface area contributed by atoms with Gasteiger partial charge in [0.15, 0.2) is 5.82 Å². The van der Waals surface area contributed by atoms with E-state index in [1.165, 1.54) is 19.3 Å². The van der Waals surface area contributed by atoms with Crippen molar-refractivity contribution in [1.82, 2.24) is 9.66 Å². The minimum absolute atomic E-state index is 0.0505. The molecule has 96 valence electrons. The Bertz CT molecular complexity index is 557. The lowest BCUT2D eigenvalue weighted by molar-refractivity contribution is 0.263. The fraction of sp³-hybridized carbons (Fsp3) is 0.462. The molecule has 1 fully saturated rings. The van der Waals surface area contributed by atoms with E-state index in [0.29, 0.717) is 11.5 Å². The lowest BCUT2D eigenvalue weighted by atomic mass is 10.2. The van der Waals surface area contributed by atoms with E-state index < -0.39 is 0 Å². The zero-order chi connectivity index (χ0) is 12.5. The molecule has 1 aliphatic heterocycles. The van der Waals surface area contributed by atoms with Crippen molar-refractivity contribution in [3.8, 4) is 0 Å². The smallest absolute Gasteiger partial charge is 0.154 e. The molecule has 0 bridgehead atoms. The fourth-order valence-corrected chi connectivity index (χ4v) is 2.63. The van der Waals surface area contributed by atoms with E-state index in [-0.39, 0.29) is 6.61 Å². The predicted octanol–water partition coefficient (Wildman–Crippen LogP) is 1.23. The summed E-state index contributed by atoms with van der Waals surface area (Å²) >= 11 is 0. The molecule has 0 aliphatic carbocycles. The van der Waals surface area contributed by atoms with Crippen LogP contribution in [0.5, 0.6) is 0 Å². The Morgan fingerprint density at radius 2 is 2.00 bits per heavy atom. The Labute approximate surface area is 106 Å². The van der Waals surface area contributed by atoms with Crippen LogP contribution in [0.3, 0.4) is 0 Å². The normalized spacial score (nSPS) is 16.4. The first-order chi connectivity index (χ1) is 8.79. The molecule has 5 heteroatoms. The number of anilines is 1. The van der Waals surface area contributed by atoms with Crippen molar-refractivity contribution in [2.75, 3.05) is 23.8 Å². The third-order valence-corrected chi connectivity index (χ3v) is 3.48. The van der Waals surface area contributed by atoms with Gasteiger partial charge in [-0.1, -0.05) is 0 Å². The van der Waals surface area contributed by atoms with Crippen molar-refractivity contribution in [1.29, 1.82) is 0 Å². The maximum Gasteiger partial charge on any atom is 0.154 e. The van der Waals surface area contributed by atoms with Crippen LogP contribution in [0.15, 0.2) is 18.2 Å². The first-order valence-corrected chi connectivity index (χ1v) is 6.42. The first-order valence-electron chi connectivity index (χ1n) is 6.42. The van der Waals surface area contributed by atoms with Gasteiger partial charge in [-0.2, -0.15) is 0 Å². The van der Waals surface area contributed by atoms with E-state index in [2.05, 4.69) is 9.99 Å². The minimum atomic E-state index is -0.0505. The van der Waals surface area contributed by atoms with Crippen LogP contribution in [-0.2, 0) is 6.61 Å². The number of fused-ring (bicyclic) bond motifs is 1. The van der Waals surface area contributed by atoms with Crippen molar-refractivity contribution < 1.29 is 5.11 Å². The number of rotatable bonds is 2. The molecule has 1 aliphatic rings. The molecule has 3 N–H and O–H groups in total. The van der Waals surface area contributed by atoms with E-state index in [1.54, 1.807) is 0 Å². The summed E-state index contributed by atoms with van der Waals surface area (Å²) in [6.45, 7) is 1.98. The van der Waals surface area contributed by atoms with E-state index in [4.69, 9.17) is 5.73 Å². The molecular formula is C13H18N4O. The van der Waals surface area contributed by atoms with Crippen molar-refractivity contribution >= 4 is 16.7 Å². The van der Waals surface area contributed by atoms with Crippen LogP contribution in [0, 0.1) is 0 Å².